The number of ether oxygens (including phenoxy) is 1. The van der Waals surface area contributed by atoms with E-state index in [0.717, 1.165) is 22.6 Å². The van der Waals surface area contributed by atoms with Gasteiger partial charge >= 0.3 is 0 Å². The molecular weight excluding hydrogens is 438 g/mol. The lowest BCUT2D eigenvalue weighted by molar-refractivity contribution is -0.121. The Kier molecular flexibility index (Phi) is 6.22. The van der Waals surface area contributed by atoms with Gasteiger partial charge in [-0.3, -0.25) is 9.69 Å². The maximum Gasteiger partial charge on any atom is 0.266 e. The Balaban J connectivity index is 1.48. The Morgan fingerprint density at radius 3 is 2.77 bits per heavy atom. The van der Waals surface area contributed by atoms with Crippen molar-refractivity contribution in [2.24, 2.45) is 4.99 Å². The lowest BCUT2D eigenvalue weighted by Gasteiger charge is -2.07. The number of carbonyl (C=O) groups excluding carboxylic acids is 1. The number of aliphatic imine (C=N–C) groups is 1. The molecule has 1 aliphatic rings. The molecule has 2 aromatic carbocycles. The van der Waals surface area contributed by atoms with Crippen LogP contribution in [0.2, 0.25) is 5.02 Å². The van der Waals surface area contributed by atoms with Crippen molar-refractivity contribution in [3.05, 3.63) is 80.7 Å². The van der Waals surface area contributed by atoms with E-state index < -0.39 is 0 Å². The summed E-state index contributed by atoms with van der Waals surface area (Å²) >= 11 is 8.72. The third-order valence-corrected chi connectivity index (χ3v) is 6.44. The fourth-order valence-electron chi connectivity index (χ4n) is 2.72. The summed E-state index contributed by atoms with van der Waals surface area (Å²) in [6, 6.07) is 15.2. The van der Waals surface area contributed by atoms with Crippen molar-refractivity contribution in [3.63, 3.8) is 0 Å². The first kappa shape index (κ1) is 20.7. The van der Waals surface area contributed by atoms with Crippen LogP contribution in [0.1, 0.15) is 16.8 Å². The standard InChI is InChI=1S/C22H18ClN3O2S2/c1-14-13-29-21(24-14)25-22-26(2)20(27)19(30-22)11-16-4-3-5-18(10-16)28-12-15-6-8-17(23)9-7-15/h3-11,13H,12H2,1-2H3/b19-11-,25-22+. The Bertz CT molecular complexity index is 1140. The van der Waals surface area contributed by atoms with Gasteiger partial charge in [0.25, 0.3) is 5.91 Å². The fourth-order valence-corrected chi connectivity index (χ4v) is 4.54. The molecule has 1 saturated heterocycles. The molecule has 152 valence electrons. The Morgan fingerprint density at radius 2 is 2.03 bits per heavy atom. The van der Waals surface area contributed by atoms with Crippen molar-refractivity contribution in [1.29, 1.82) is 0 Å². The summed E-state index contributed by atoms with van der Waals surface area (Å²) in [6.45, 7) is 2.36. The molecule has 0 saturated carbocycles. The van der Waals surface area contributed by atoms with E-state index in [1.807, 2.05) is 66.9 Å². The van der Waals surface area contributed by atoms with Crippen molar-refractivity contribution >= 4 is 57.0 Å². The molecule has 1 fully saturated rings. The molecule has 1 aromatic heterocycles. The molecule has 0 bridgehead atoms. The SMILES string of the molecule is Cc1csc(/N=C2/S/C(=C\c3cccc(OCc4ccc(Cl)cc4)c3)C(=O)N2C)n1. The molecule has 2 heterocycles. The number of aromatic nitrogens is 1. The lowest BCUT2D eigenvalue weighted by atomic mass is 10.2. The highest BCUT2D eigenvalue weighted by molar-refractivity contribution is 8.18. The minimum absolute atomic E-state index is 0.0838. The van der Waals surface area contributed by atoms with E-state index in [2.05, 4.69) is 9.98 Å². The average molecular weight is 456 g/mol. The van der Waals surface area contributed by atoms with E-state index >= 15 is 0 Å². The van der Waals surface area contributed by atoms with E-state index in [0.29, 0.717) is 26.8 Å². The normalized spacial score (nSPS) is 16.6. The van der Waals surface area contributed by atoms with Crippen LogP contribution in [0.5, 0.6) is 5.75 Å². The number of carbonyl (C=O) groups is 1. The van der Waals surface area contributed by atoms with Gasteiger partial charge in [-0.05, 0) is 60.2 Å². The minimum atomic E-state index is -0.0838. The number of likely N-dealkylation sites (N-methyl/N-ethyl adjacent to an activating group) is 1. The molecule has 0 atom stereocenters. The smallest absolute Gasteiger partial charge is 0.266 e. The molecule has 1 amide bonds. The maximum atomic E-state index is 12.6. The molecule has 0 unspecified atom stereocenters. The minimum Gasteiger partial charge on any atom is -0.489 e. The summed E-state index contributed by atoms with van der Waals surface area (Å²) in [7, 11) is 1.72. The predicted molar refractivity (Wildman–Crippen MR) is 125 cm³/mol. The molecule has 30 heavy (non-hydrogen) atoms. The highest BCUT2D eigenvalue weighted by atomic mass is 35.5. The van der Waals surface area contributed by atoms with E-state index in [-0.39, 0.29) is 5.91 Å². The average Bonchev–Trinajstić information content (AvgIpc) is 3.26. The third kappa shape index (κ3) is 4.92. The summed E-state index contributed by atoms with van der Waals surface area (Å²) < 4.78 is 5.88. The number of hydrogen-bond acceptors (Lipinski definition) is 6. The van der Waals surface area contributed by atoms with Gasteiger partial charge in [0.1, 0.15) is 12.4 Å². The number of hydrogen-bond donors (Lipinski definition) is 0. The van der Waals surface area contributed by atoms with Crippen LogP contribution in [0.25, 0.3) is 6.08 Å². The molecule has 0 aliphatic carbocycles. The number of amidine groups is 1. The first-order chi connectivity index (χ1) is 14.5. The number of nitrogens with zero attached hydrogens (tertiary/aromatic N) is 3. The first-order valence-corrected chi connectivity index (χ1v) is 11.2. The van der Waals surface area contributed by atoms with Crippen LogP contribution in [0.4, 0.5) is 5.13 Å². The van der Waals surface area contributed by atoms with Crippen LogP contribution in [0.15, 0.2) is 63.8 Å². The van der Waals surface area contributed by atoms with Crippen molar-refractivity contribution in [1.82, 2.24) is 9.88 Å². The van der Waals surface area contributed by atoms with Crippen molar-refractivity contribution in [3.8, 4) is 5.75 Å². The second-order valence-corrected chi connectivity index (χ2v) is 8.91. The Hall–Kier alpha value is -2.61. The monoisotopic (exact) mass is 455 g/mol. The van der Waals surface area contributed by atoms with Gasteiger partial charge in [0.05, 0.1) is 10.6 Å². The predicted octanol–water partition coefficient (Wildman–Crippen LogP) is 5.92. The van der Waals surface area contributed by atoms with Gasteiger partial charge in [0.15, 0.2) is 5.17 Å². The number of amides is 1. The zero-order chi connectivity index (χ0) is 21.1. The van der Waals surface area contributed by atoms with Gasteiger partial charge in [0, 0.05) is 17.5 Å². The molecule has 0 N–H and O–H groups in total. The molecule has 0 radical (unpaired) electrons. The van der Waals surface area contributed by atoms with Crippen molar-refractivity contribution < 1.29 is 9.53 Å². The van der Waals surface area contributed by atoms with Gasteiger partial charge in [-0.1, -0.05) is 35.9 Å². The van der Waals surface area contributed by atoms with Crippen LogP contribution in [-0.4, -0.2) is 28.0 Å². The van der Waals surface area contributed by atoms with Gasteiger partial charge in [-0.2, -0.15) is 4.99 Å². The van der Waals surface area contributed by atoms with Gasteiger partial charge in [-0.25, -0.2) is 4.98 Å². The molecule has 8 heteroatoms. The number of thiazole rings is 1. The largest absolute Gasteiger partial charge is 0.489 e. The van der Waals surface area contributed by atoms with E-state index in [9.17, 15) is 4.79 Å². The van der Waals surface area contributed by atoms with Crippen molar-refractivity contribution in [2.45, 2.75) is 13.5 Å². The number of benzene rings is 2. The Labute approximate surface area is 188 Å². The number of thioether (sulfide) groups is 1. The summed E-state index contributed by atoms with van der Waals surface area (Å²) in [5.41, 5.74) is 2.84. The summed E-state index contributed by atoms with van der Waals surface area (Å²) in [5, 5.41) is 3.90. The topological polar surface area (TPSA) is 54.8 Å². The first-order valence-electron chi connectivity index (χ1n) is 9.14. The van der Waals surface area contributed by atoms with Gasteiger partial charge in [0.2, 0.25) is 5.13 Å². The van der Waals surface area contributed by atoms with Crippen LogP contribution in [0, 0.1) is 6.92 Å². The zero-order valence-corrected chi connectivity index (χ0v) is 18.7. The number of aryl methyl sites for hydroxylation is 1. The molecular formula is C22H18ClN3O2S2. The molecule has 0 spiro atoms. The van der Waals surface area contributed by atoms with Gasteiger partial charge in [-0.15, -0.1) is 11.3 Å². The Morgan fingerprint density at radius 1 is 1.23 bits per heavy atom. The quantitative estimate of drug-likeness (QED) is 0.448. The third-order valence-electron chi connectivity index (χ3n) is 4.28. The molecule has 5 nitrogen and oxygen atoms in total. The number of halogens is 1. The summed E-state index contributed by atoms with van der Waals surface area (Å²) in [4.78, 5) is 23.6. The van der Waals surface area contributed by atoms with Crippen LogP contribution in [0.3, 0.4) is 0 Å². The highest BCUT2D eigenvalue weighted by Crippen LogP contribution is 2.34. The molecule has 3 aromatic rings. The van der Waals surface area contributed by atoms with Crippen molar-refractivity contribution in [2.75, 3.05) is 7.05 Å². The maximum absolute atomic E-state index is 12.6. The van der Waals surface area contributed by atoms with E-state index in [1.165, 1.54) is 23.1 Å². The fraction of sp³-hybridized carbons (Fsp3) is 0.136. The summed E-state index contributed by atoms with van der Waals surface area (Å²) in [5.74, 6) is 0.648. The van der Waals surface area contributed by atoms with Crippen LogP contribution in [-0.2, 0) is 11.4 Å². The second kappa shape index (κ2) is 9.04. The summed E-state index contributed by atoms with van der Waals surface area (Å²) in [6.07, 6.45) is 1.86. The highest BCUT2D eigenvalue weighted by Gasteiger charge is 2.30. The molecule has 1 aliphatic heterocycles. The zero-order valence-electron chi connectivity index (χ0n) is 16.3. The van der Waals surface area contributed by atoms with Crippen LogP contribution >= 0.6 is 34.7 Å². The molecule has 4 rings (SSSR count). The van der Waals surface area contributed by atoms with E-state index in [4.69, 9.17) is 16.3 Å². The number of rotatable bonds is 5. The van der Waals surface area contributed by atoms with Crippen LogP contribution < -0.4 is 4.74 Å². The second-order valence-electron chi connectivity index (χ2n) is 6.63. The van der Waals surface area contributed by atoms with E-state index in [1.54, 1.807) is 11.9 Å². The van der Waals surface area contributed by atoms with Gasteiger partial charge < -0.3 is 4.74 Å². The lowest BCUT2D eigenvalue weighted by Crippen LogP contribution is -2.23.